The molecule has 2 rings (SSSR count). The Labute approximate surface area is 112 Å². The Balaban J connectivity index is 1.71. The first-order valence-electron chi connectivity index (χ1n) is 6.25. The lowest BCUT2D eigenvalue weighted by Gasteiger charge is -2.09. The molecule has 0 radical (unpaired) electrons. The number of rotatable bonds is 6. The third-order valence-electron chi connectivity index (χ3n) is 2.72. The van der Waals surface area contributed by atoms with Crippen LogP contribution in [-0.2, 0) is 6.54 Å². The average Bonchev–Trinajstić information content (AvgIpc) is 2.43. The van der Waals surface area contributed by atoms with Crippen LogP contribution in [0.1, 0.15) is 11.3 Å². The fourth-order valence-electron chi connectivity index (χ4n) is 1.68. The second kappa shape index (κ2) is 6.85. The minimum atomic E-state index is -0.276. The minimum absolute atomic E-state index is 0.276. The van der Waals surface area contributed by atoms with Gasteiger partial charge in [-0.05, 0) is 30.7 Å². The van der Waals surface area contributed by atoms with Gasteiger partial charge in [0.05, 0.1) is 5.69 Å². The number of benzene rings is 1. The molecule has 0 aliphatic heterocycles. The maximum absolute atomic E-state index is 13.0. The van der Waals surface area contributed by atoms with Gasteiger partial charge >= 0.3 is 0 Å². The summed E-state index contributed by atoms with van der Waals surface area (Å²) in [4.78, 5) is 4.21. The fraction of sp³-hybridized carbons (Fsp3) is 0.267. The van der Waals surface area contributed by atoms with Crippen molar-refractivity contribution in [1.82, 2.24) is 10.3 Å². The van der Waals surface area contributed by atoms with E-state index in [1.54, 1.807) is 12.3 Å². The van der Waals surface area contributed by atoms with Gasteiger partial charge in [0, 0.05) is 25.4 Å². The predicted octanol–water partition coefficient (Wildman–Crippen LogP) is 2.70. The highest BCUT2D eigenvalue weighted by atomic mass is 19.1. The second-order valence-corrected chi connectivity index (χ2v) is 4.26. The lowest BCUT2D eigenvalue weighted by molar-refractivity contribution is 0.310. The van der Waals surface area contributed by atoms with E-state index in [2.05, 4.69) is 10.3 Å². The van der Waals surface area contributed by atoms with E-state index < -0.39 is 0 Å². The first-order chi connectivity index (χ1) is 9.25. The van der Waals surface area contributed by atoms with Gasteiger partial charge in [0.1, 0.15) is 18.2 Å². The molecule has 19 heavy (non-hydrogen) atoms. The predicted molar refractivity (Wildman–Crippen MR) is 72.6 cm³/mol. The first-order valence-corrected chi connectivity index (χ1v) is 6.25. The molecule has 4 heteroatoms. The van der Waals surface area contributed by atoms with Gasteiger partial charge in [-0.3, -0.25) is 4.98 Å². The summed E-state index contributed by atoms with van der Waals surface area (Å²) >= 11 is 0. The van der Waals surface area contributed by atoms with Gasteiger partial charge < -0.3 is 10.1 Å². The van der Waals surface area contributed by atoms with Gasteiger partial charge in [0.25, 0.3) is 0 Å². The fourth-order valence-corrected chi connectivity index (χ4v) is 1.68. The third-order valence-corrected chi connectivity index (χ3v) is 2.72. The molecule has 0 saturated heterocycles. The zero-order valence-electron chi connectivity index (χ0n) is 10.9. The van der Waals surface area contributed by atoms with Crippen LogP contribution in [0.5, 0.6) is 5.75 Å². The zero-order valence-corrected chi connectivity index (χ0v) is 10.9. The zero-order chi connectivity index (χ0) is 13.5. The average molecular weight is 260 g/mol. The molecule has 0 unspecified atom stereocenters. The van der Waals surface area contributed by atoms with Crippen LogP contribution in [0, 0.1) is 12.7 Å². The Morgan fingerprint density at radius 2 is 2.16 bits per heavy atom. The molecule has 3 nitrogen and oxygen atoms in total. The quantitative estimate of drug-likeness (QED) is 0.811. The Hall–Kier alpha value is -1.94. The standard InChI is InChI=1S/C15H17FN2O/c1-12-5-6-13(16)10-15(12)19-9-8-17-11-14-4-2-3-7-18-14/h2-7,10,17H,8-9,11H2,1H3. The summed E-state index contributed by atoms with van der Waals surface area (Å²) in [5.41, 5.74) is 1.93. The normalized spacial score (nSPS) is 10.4. The van der Waals surface area contributed by atoms with Crippen LogP contribution in [-0.4, -0.2) is 18.1 Å². The summed E-state index contributed by atoms with van der Waals surface area (Å²) < 4.78 is 18.6. The molecular formula is C15H17FN2O. The van der Waals surface area contributed by atoms with Crippen molar-refractivity contribution in [2.24, 2.45) is 0 Å². The number of ether oxygens (including phenoxy) is 1. The largest absolute Gasteiger partial charge is 0.492 e. The number of aromatic nitrogens is 1. The molecule has 0 fully saturated rings. The van der Waals surface area contributed by atoms with Crippen LogP contribution in [0.2, 0.25) is 0 Å². The van der Waals surface area contributed by atoms with E-state index in [1.807, 2.05) is 25.1 Å². The number of nitrogens with zero attached hydrogens (tertiary/aromatic N) is 1. The number of pyridine rings is 1. The van der Waals surface area contributed by atoms with Gasteiger partial charge in [-0.15, -0.1) is 0 Å². The van der Waals surface area contributed by atoms with Crippen LogP contribution < -0.4 is 10.1 Å². The summed E-state index contributed by atoms with van der Waals surface area (Å²) in [5.74, 6) is 0.321. The Morgan fingerprint density at radius 3 is 2.95 bits per heavy atom. The summed E-state index contributed by atoms with van der Waals surface area (Å²) in [6.45, 7) is 3.78. The van der Waals surface area contributed by atoms with E-state index in [4.69, 9.17) is 4.74 Å². The van der Waals surface area contributed by atoms with Crippen LogP contribution in [0.4, 0.5) is 4.39 Å². The van der Waals surface area contributed by atoms with Crippen molar-refractivity contribution in [3.8, 4) is 5.75 Å². The van der Waals surface area contributed by atoms with Crippen molar-refractivity contribution >= 4 is 0 Å². The van der Waals surface area contributed by atoms with Gasteiger partial charge in [-0.2, -0.15) is 0 Å². The summed E-state index contributed by atoms with van der Waals surface area (Å²) in [6.07, 6.45) is 1.77. The van der Waals surface area contributed by atoms with Crippen LogP contribution in [0.15, 0.2) is 42.6 Å². The van der Waals surface area contributed by atoms with Gasteiger partial charge in [0.2, 0.25) is 0 Å². The van der Waals surface area contributed by atoms with Crippen LogP contribution in [0.3, 0.4) is 0 Å². The van der Waals surface area contributed by atoms with Crippen molar-refractivity contribution in [2.75, 3.05) is 13.2 Å². The molecule has 1 aromatic carbocycles. The molecule has 0 spiro atoms. The maximum atomic E-state index is 13.0. The van der Waals surface area contributed by atoms with Crippen molar-refractivity contribution < 1.29 is 9.13 Å². The Morgan fingerprint density at radius 1 is 1.26 bits per heavy atom. The monoisotopic (exact) mass is 260 g/mol. The molecule has 0 aliphatic carbocycles. The van der Waals surface area contributed by atoms with E-state index in [9.17, 15) is 4.39 Å². The maximum Gasteiger partial charge on any atom is 0.126 e. The highest BCUT2D eigenvalue weighted by Crippen LogP contribution is 2.18. The molecule has 0 atom stereocenters. The molecule has 0 bridgehead atoms. The highest BCUT2D eigenvalue weighted by Gasteiger charge is 2.01. The molecule has 0 amide bonds. The minimum Gasteiger partial charge on any atom is -0.492 e. The van der Waals surface area contributed by atoms with E-state index in [1.165, 1.54) is 12.1 Å². The third kappa shape index (κ3) is 4.34. The van der Waals surface area contributed by atoms with Crippen molar-refractivity contribution in [1.29, 1.82) is 0 Å². The first kappa shape index (κ1) is 13.5. The van der Waals surface area contributed by atoms with Crippen LogP contribution >= 0.6 is 0 Å². The SMILES string of the molecule is Cc1ccc(F)cc1OCCNCc1ccccn1. The highest BCUT2D eigenvalue weighted by molar-refractivity contribution is 5.32. The molecule has 1 heterocycles. The number of hydrogen-bond donors (Lipinski definition) is 1. The molecular weight excluding hydrogens is 243 g/mol. The molecule has 0 saturated carbocycles. The Kier molecular flexibility index (Phi) is 4.86. The number of aryl methyl sites for hydroxylation is 1. The van der Waals surface area contributed by atoms with Gasteiger partial charge in [0.15, 0.2) is 0 Å². The number of halogens is 1. The van der Waals surface area contributed by atoms with Crippen molar-refractivity contribution in [3.05, 3.63) is 59.7 Å². The molecule has 100 valence electrons. The summed E-state index contributed by atoms with van der Waals surface area (Å²) in [7, 11) is 0. The van der Waals surface area contributed by atoms with E-state index in [0.717, 1.165) is 11.3 Å². The Bertz CT molecular complexity index is 517. The summed E-state index contributed by atoms with van der Waals surface area (Å²) in [5, 5.41) is 3.22. The lowest BCUT2D eigenvalue weighted by Crippen LogP contribution is -2.21. The van der Waals surface area contributed by atoms with E-state index >= 15 is 0 Å². The van der Waals surface area contributed by atoms with Gasteiger partial charge in [-0.1, -0.05) is 12.1 Å². The molecule has 1 aromatic heterocycles. The molecule has 2 aromatic rings. The van der Waals surface area contributed by atoms with E-state index in [0.29, 0.717) is 25.4 Å². The molecule has 1 N–H and O–H groups in total. The van der Waals surface area contributed by atoms with Gasteiger partial charge in [-0.25, -0.2) is 4.39 Å². The second-order valence-electron chi connectivity index (χ2n) is 4.26. The number of nitrogens with one attached hydrogen (secondary N) is 1. The topological polar surface area (TPSA) is 34.1 Å². The molecule has 0 aliphatic rings. The van der Waals surface area contributed by atoms with Crippen molar-refractivity contribution in [3.63, 3.8) is 0 Å². The van der Waals surface area contributed by atoms with Crippen molar-refractivity contribution in [2.45, 2.75) is 13.5 Å². The number of hydrogen-bond acceptors (Lipinski definition) is 3. The smallest absolute Gasteiger partial charge is 0.126 e. The van der Waals surface area contributed by atoms with E-state index in [-0.39, 0.29) is 5.82 Å². The lowest BCUT2D eigenvalue weighted by atomic mass is 10.2. The summed E-state index contributed by atoms with van der Waals surface area (Å²) in [6, 6.07) is 10.4. The van der Waals surface area contributed by atoms with Crippen LogP contribution in [0.25, 0.3) is 0 Å².